The van der Waals surface area contributed by atoms with Gasteiger partial charge in [0.25, 0.3) is 0 Å². The van der Waals surface area contributed by atoms with E-state index in [1.807, 2.05) is 42.1 Å². The van der Waals surface area contributed by atoms with E-state index in [1.165, 1.54) is 21.2 Å². The minimum absolute atomic E-state index is 0.0711. The second kappa shape index (κ2) is 9.70. The SMILES string of the molecule is O=C(c1ccccc1)C1CC(Cl)CCN1CCCN1c2ccccc2Sc2ccccc21. The number of fused-ring (bicyclic) bond motifs is 2. The number of Topliss-reactive ketones (excluding diaryl/α,β-unsaturated/α-hetero) is 1. The number of benzene rings is 3. The van der Waals surface area contributed by atoms with Gasteiger partial charge in [0, 0.05) is 40.4 Å². The first-order chi connectivity index (χ1) is 15.7. The molecule has 32 heavy (non-hydrogen) atoms. The summed E-state index contributed by atoms with van der Waals surface area (Å²) in [6.45, 7) is 2.68. The van der Waals surface area contributed by atoms with Crippen molar-refractivity contribution in [1.29, 1.82) is 0 Å². The molecule has 3 aromatic rings. The van der Waals surface area contributed by atoms with Gasteiger partial charge in [-0.15, -0.1) is 11.6 Å². The molecular formula is C27H27ClN2OS. The predicted molar refractivity (Wildman–Crippen MR) is 134 cm³/mol. The fourth-order valence-electron chi connectivity index (χ4n) is 4.76. The van der Waals surface area contributed by atoms with Crippen molar-refractivity contribution in [2.24, 2.45) is 0 Å². The van der Waals surface area contributed by atoms with Crippen molar-refractivity contribution in [1.82, 2.24) is 4.90 Å². The summed E-state index contributed by atoms with van der Waals surface area (Å²) >= 11 is 8.33. The molecule has 1 fully saturated rings. The number of carbonyl (C=O) groups excluding carboxylic acids is 1. The summed E-state index contributed by atoms with van der Waals surface area (Å²) in [6.07, 6.45) is 2.65. The van der Waals surface area contributed by atoms with E-state index in [0.717, 1.165) is 44.5 Å². The Morgan fingerprint density at radius 3 is 2.19 bits per heavy atom. The van der Waals surface area contributed by atoms with Crippen molar-refractivity contribution < 1.29 is 4.79 Å². The second-order valence-electron chi connectivity index (χ2n) is 8.45. The summed E-state index contributed by atoms with van der Waals surface area (Å²) in [7, 11) is 0. The van der Waals surface area contributed by atoms with E-state index >= 15 is 0 Å². The first-order valence-corrected chi connectivity index (χ1v) is 12.6. The van der Waals surface area contributed by atoms with Gasteiger partial charge in [0.2, 0.25) is 0 Å². The highest BCUT2D eigenvalue weighted by Crippen LogP contribution is 2.47. The molecule has 0 radical (unpaired) electrons. The third kappa shape index (κ3) is 4.45. The quantitative estimate of drug-likeness (QED) is 0.303. The number of anilines is 2. The Morgan fingerprint density at radius 1 is 0.875 bits per heavy atom. The average Bonchev–Trinajstić information content (AvgIpc) is 2.84. The van der Waals surface area contributed by atoms with Gasteiger partial charge in [-0.05, 0) is 43.5 Å². The highest BCUT2D eigenvalue weighted by atomic mass is 35.5. The van der Waals surface area contributed by atoms with Gasteiger partial charge in [-0.3, -0.25) is 9.69 Å². The van der Waals surface area contributed by atoms with Crippen molar-refractivity contribution in [3.05, 3.63) is 84.4 Å². The number of ketones is 1. The molecule has 2 unspecified atom stereocenters. The van der Waals surface area contributed by atoms with Gasteiger partial charge in [-0.1, -0.05) is 66.4 Å². The van der Waals surface area contributed by atoms with E-state index in [2.05, 4.69) is 58.3 Å². The van der Waals surface area contributed by atoms with Crippen LogP contribution in [-0.2, 0) is 0 Å². The minimum atomic E-state index is -0.134. The fourth-order valence-corrected chi connectivity index (χ4v) is 6.12. The van der Waals surface area contributed by atoms with Gasteiger partial charge in [-0.25, -0.2) is 0 Å². The number of hydrogen-bond donors (Lipinski definition) is 0. The third-order valence-electron chi connectivity index (χ3n) is 6.37. The lowest BCUT2D eigenvalue weighted by Gasteiger charge is -2.38. The Morgan fingerprint density at radius 2 is 1.50 bits per heavy atom. The number of para-hydroxylation sites is 2. The zero-order valence-electron chi connectivity index (χ0n) is 18.0. The molecule has 0 N–H and O–H groups in total. The lowest BCUT2D eigenvalue weighted by atomic mass is 9.94. The van der Waals surface area contributed by atoms with Crippen LogP contribution in [0.15, 0.2) is 88.7 Å². The molecular weight excluding hydrogens is 436 g/mol. The summed E-state index contributed by atoms with van der Waals surface area (Å²) in [5.41, 5.74) is 3.32. The third-order valence-corrected chi connectivity index (χ3v) is 7.90. The van der Waals surface area contributed by atoms with Gasteiger partial charge in [0.05, 0.1) is 17.4 Å². The van der Waals surface area contributed by atoms with Crippen molar-refractivity contribution >= 4 is 40.5 Å². The standard InChI is InChI=1S/C27H27ClN2OS/c28-21-15-18-29(24(19-21)27(31)20-9-2-1-3-10-20)16-8-17-30-22-11-4-6-13-25(22)32-26-14-7-5-12-23(26)30/h1-7,9-14,21,24H,8,15-19H2. The summed E-state index contributed by atoms with van der Waals surface area (Å²) in [6, 6.07) is 26.8. The van der Waals surface area contributed by atoms with Crippen molar-refractivity contribution in [2.75, 3.05) is 24.5 Å². The Bertz CT molecular complexity index is 1040. The van der Waals surface area contributed by atoms with Gasteiger partial charge in [-0.2, -0.15) is 0 Å². The first-order valence-electron chi connectivity index (χ1n) is 11.3. The molecule has 3 nitrogen and oxygen atoms in total. The van der Waals surface area contributed by atoms with Crippen LogP contribution < -0.4 is 4.90 Å². The molecule has 2 atom stereocenters. The maximum Gasteiger partial charge on any atom is 0.179 e. The van der Waals surface area contributed by atoms with E-state index in [9.17, 15) is 4.79 Å². The summed E-state index contributed by atoms with van der Waals surface area (Å²) in [5, 5.41) is 0.0711. The molecule has 2 heterocycles. The van der Waals surface area contributed by atoms with Gasteiger partial charge in [0.15, 0.2) is 5.78 Å². The first kappa shape index (κ1) is 21.6. The lowest BCUT2D eigenvalue weighted by molar-refractivity contribution is 0.0749. The number of piperidine rings is 1. The Labute approximate surface area is 199 Å². The Hall–Kier alpha value is -2.27. The molecule has 3 aromatic carbocycles. The molecule has 0 bridgehead atoms. The molecule has 0 aromatic heterocycles. The largest absolute Gasteiger partial charge is 0.340 e. The van der Waals surface area contributed by atoms with Crippen molar-refractivity contribution in [3.8, 4) is 0 Å². The molecule has 1 saturated heterocycles. The fraction of sp³-hybridized carbons (Fsp3) is 0.296. The predicted octanol–water partition coefficient (Wildman–Crippen LogP) is 6.63. The molecule has 0 aliphatic carbocycles. The molecule has 0 saturated carbocycles. The number of likely N-dealkylation sites (tertiary alicyclic amines) is 1. The van der Waals surface area contributed by atoms with Gasteiger partial charge in [0.1, 0.15) is 0 Å². The Balaban J connectivity index is 1.31. The van der Waals surface area contributed by atoms with Crippen LogP contribution in [0.2, 0.25) is 0 Å². The lowest BCUT2D eigenvalue weighted by Crippen LogP contribution is -2.48. The number of carbonyl (C=O) groups is 1. The van der Waals surface area contributed by atoms with Gasteiger partial charge < -0.3 is 4.90 Å². The van der Waals surface area contributed by atoms with E-state index in [0.29, 0.717) is 0 Å². The van der Waals surface area contributed by atoms with Crippen molar-refractivity contribution in [3.63, 3.8) is 0 Å². The highest BCUT2D eigenvalue weighted by molar-refractivity contribution is 7.99. The zero-order chi connectivity index (χ0) is 21.9. The van der Waals surface area contributed by atoms with E-state index < -0.39 is 0 Å². The zero-order valence-corrected chi connectivity index (χ0v) is 19.6. The molecule has 2 aliphatic heterocycles. The number of hydrogen-bond acceptors (Lipinski definition) is 4. The minimum Gasteiger partial charge on any atom is -0.340 e. The van der Waals surface area contributed by atoms with Crippen LogP contribution in [0.4, 0.5) is 11.4 Å². The molecule has 0 amide bonds. The van der Waals surface area contributed by atoms with Crippen LogP contribution >= 0.6 is 23.4 Å². The van der Waals surface area contributed by atoms with Crippen LogP contribution in [0.5, 0.6) is 0 Å². The van der Waals surface area contributed by atoms with Crippen LogP contribution in [0, 0.1) is 0 Å². The number of alkyl halides is 1. The highest BCUT2D eigenvalue weighted by Gasteiger charge is 2.33. The van der Waals surface area contributed by atoms with Crippen LogP contribution in [0.25, 0.3) is 0 Å². The summed E-state index contributed by atoms with van der Waals surface area (Å²) < 4.78 is 0. The molecule has 164 valence electrons. The normalized spacial score (nSPS) is 20.5. The van der Waals surface area contributed by atoms with Crippen molar-refractivity contribution in [2.45, 2.75) is 40.5 Å². The number of halogens is 1. The monoisotopic (exact) mass is 462 g/mol. The molecule has 0 spiro atoms. The maximum atomic E-state index is 13.2. The molecule has 2 aliphatic rings. The number of nitrogens with zero attached hydrogens (tertiary/aromatic N) is 2. The van der Waals surface area contributed by atoms with Crippen LogP contribution in [0.3, 0.4) is 0 Å². The van der Waals surface area contributed by atoms with Crippen LogP contribution in [-0.4, -0.2) is 41.7 Å². The summed E-state index contributed by atoms with van der Waals surface area (Å²) in [4.78, 5) is 20.6. The summed E-state index contributed by atoms with van der Waals surface area (Å²) in [5.74, 6) is 0.195. The average molecular weight is 463 g/mol. The molecule has 5 heteroatoms. The van der Waals surface area contributed by atoms with E-state index in [1.54, 1.807) is 0 Å². The smallest absolute Gasteiger partial charge is 0.179 e. The Kier molecular flexibility index (Phi) is 6.54. The second-order valence-corrected chi connectivity index (χ2v) is 10.1. The van der Waals surface area contributed by atoms with Crippen LogP contribution in [0.1, 0.15) is 29.6 Å². The van der Waals surface area contributed by atoms with Gasteiger partial charge >= 0.3 is 0 Å². The van der Waals surface area contributed by atoms with E-state index in [4.69, 9.17) is 11.6 Å². The number of rotatable bonds is 6. The molecule has 5 rings (SSSR count). The van der Waals surface area contributed by atoms with E-state index in [-0.39, 0.29) is 17.2 Å². The topological polar surface area (TPSA) is 23.6 Å². The maximum absolute atomic E-state index is 13.2.